The Hall–Kier alpha value is -0.840. The van der Waals surface area contributed by atoms with Crippen LogP contribution in [-0.4, -0.2) is 0 Å². The summed E-state index contributed by atoms with van der Waals surface area (Å²) in [6.07, 6.45) is 0. The van der Waals surface area contributed by atoms with Crippen LogP contribution in [0.4, 0.5) is 0 Å². The Labute approximate surface area is 101 Å². The topological polar surface area (TPSA) is 30.2 Å². The van der Waals surface area contributed by atoms with Gasteiger partial charge in [-0.2, -0.15) is 0 Å². The average molecular weight is 314 g/mol. The van der Waals surface area contributed by atoms with E-state index in [-0.39, 0.29) is 5.63 Å². The molecule has 0 radical (unpaired) electrons. The van der Waals surface area contributed by atoms with Crippen LogP contribution in [0.1, 0.15) is 16.7 Å². The lowest BCUT2D eigenvalue weighted by Gasteiger charge is -2.06. The molecular formula is C12H11IO2. The molecule has 0 fully saturated rings. The average Bonchev–Trinajstić information content (AvgIpc) is 2.17. The third-order valence-electron chi connectivity index (χ3n) is 2.71. The van der Waals surface area contributed by atoms with Gasteiger partial charge in [-0.05, 0) is 66.6 Å². The van der Waals surface area contributed by atoms with E-state index in [0.29, 0.717) is 11.1 Å². The molecule has 78 valence electrons. The first kappa shape index (κ1) is 10.7. The van der Waals surface area contributed by atoms with Crippen LogP contribution in [0.2, 0.25) is 0 Å². The van der Waals surface area contributed by atoms with Crippen LogP contribution in [-0.2, 0) is 0 Å². The number of halogens is 1. The van der Waals surface area contributed by atoms with E-state index in [0.717, 1.165) is 20.1 Å². The number of fused-ring (bicyclic) bond motifs is 1. The highest BCUT2D eigenvalue weighted by Crippen LogP contribution is 2.24. The van der Waals surface area contributed by atoms with Crippen LogP contribution in [0.3, 0.4) is 0 Å². The minimum absolute atomic E-state index is 0.232. The first-order valence-electron chi connectivity index (χ1n) is 4.71. The van der Waals surface area contributed by atoms with E-state index in [1.807, 2.05) is 26.0 Å². The maximum Gasteiger partial charge on any atom is 0.339 e. The Morgan fingerprint density at radius 3 is 2.47 bits per heavy atom. The quantitative estimate of drug-likeness (QED) is 0.551. The molecule has 2 rings (SSSR count). The Bertz CT molecular complexity index is 597. The van der Waals surface area contributed by atoms with Gasteiger partial charge in [0, 0.05) is 14.5 Å². The molecule has 0 saturated carbocycles. The van der Waals surface area contributed by atoms with E-state index in [4.69, 9.17) is 4.42 Å². The second kappa shape index (κ2) is 3.63. The highest BCUT2D eigenvalue weighted by Gasteiger charge is 2.09. The van der Waals surface area contributed by atoms with E-state index in [1.54, 1.807) is 6.92 Å². The zero-order chi connectivity index (χ0) is 11.2. The van der Waals surface area contributed by atoms with E-state index < -0.39 is 0 Å². The SMILES string of the molecule is Cc1c(C)c2cc(I)cc(C)c2oc1=O. The molecule has 2 aromatic rings. The zero-order valence-corrected chi connectivity index (χ0v) is 11.0. The maximum atomic E-state index is 11.5. The third-order valence-corrected chi connectivity index (χ3v) is 3.33. The molecule has 0 spiro atoms. The van der Waals surface area contributed by atoms with Gasteiger partial charge in [-0.3, -0.25) is 0 Å². The Morgan fingerprint density at radius 1 is 1.13 bits per heavy atom. The molecule has 1 heterocycles. The molecule has 0 aliphatic heterocycles. The summed E-state index contributed by atoms with van der Waals surface area (Å²) >= 11 is 2.27. The predicted octanol–water partition coefficient (Wildman–Crippen LogP) is 3.32. The minimum atomic E-state index is -0.232. The molecule has 0 atom stereocenters. The molecule has 0 unspecified atom stereocenters. The second-order valence-corrected chi connectivity index (χ2v) is 4.98. The summed E-state index contributed by atoms with van der Waals surface area (Å²) in [6, 6.07) is 4.06. The van der Waals surface area contributed by atoms with E-state index in [9.17, 15) is 4.79 Å². The van der Waals surface area contributed by atoms with Crippen LogP contribution in [0.5, 0.6) is 0 Å². The van der Waals surface area contributed by atoms with Crippen molar-refractivity contribution in [1.29, 1.82) is 0 Å². The monoisotopic (exact) mass is 314 g/mol. The molecule has 1 aromatic carbocycles. The maximum absolute atomic E-state index is 11.5. The molecule has 0 amide bonds. The van der Waals surface area contributed by atoms with Gasteiger partial charge in [0.2, 0.25) is 0 Å². The molecule has 15 heavy (non-hydrogen) atoms. The van der Waals surface area contributed by atoms with Crippen molar-refractivity contribution >= 4 is 33.6 Å². The molecular weight excluding hydrogens is 303 g/mol. The van der Waals surface area contributed by atoms with Gasteiger partial charge in [0.25, 0.3) is 0 Å². The normalized spacial score (nSPS) is 10.9. The predicted molar refractivity (Wildman–Crippen MR) is 69.4 cm³/mol. The molecule has 0 saturated heterocycles. The number of aryl methyl sites for hydroxylation is 2. The first-order chi connectivity index (χ1) is 7.00. The highest BCUT2D eigenvalue weighted by molar-refractivity contribution is 14.1. The lowest BCUT2D eigenvalue weighted by molar-refractivity contribution is 0.551. The third kappa shape index (κ3) is 1.69. The van der Waals surface area contributed by atoms with Gasteiger partial charge in [-0.25, -0.2) is 4.79 Å². The number of hydrogen-bond donors (Lipinski definition) is 0. The fourth-order valence-electron chi connectivity index (χ4n) is 1.67. The van der Waals surface area contributed by atoms with Gasteiger partial charge in [-0.15, -0.1) is 0 Å². The minimum Gasteiger partial charge on any atom is -0.422 e. The highest BCUT2D eigenvalue weighted by atomic mass is 127. The largest absolute Gasteiger partial charge is 0.422 e. The lowest BCUT2D eigenvalue weighted by atomic mass is 10.0. The van der Waals surface area contributed by atoms with Crippen LogP contribution in [0.25, 0.3) is 11.0 Å². The summed E-state index contributed by atoms with van der Waals surface area (Å²) in [5.41, 5.74) is 3.21. The van der Waals surface area contributed by atoms with Crippen LogP contribution in [0.15, 0.2) is 21.3 Å². The Morgan fingerprint density at radius 2 is 1.80 bits per heavy atom. The summed E-state index contributed by atoms with van der Waals surface area (Å²) in [5.74, 6) is 0. The van der Waals surface area contributed by atoms with E-state index in [2.05, 4.69) is 22.6 Å². The second-order valence-electron chi connectivity index (χ2n) is 3.74. The fourth-order valence-corrected chi connectivity index (χ4v) is 2.45. The van der Waals surface area contributed by atoms with E-state index >= 15 is 0 Å². The van der Waals surface area contributed by atoms with Crippen molar-refractivity contribution in [3.05, 3.63) is 42.8 Å². The van der Waals surface area contributed by atoms with Crippen molar-refractivity contribution in [2.24, 2.45) is 0 Å². The molecule has 3 heteroatoms. The number of benzene rings is 1. The number of hydrogen-bond acceptors (Lipinski definition) is 2. The van der Waals surface area contributed by atoms with Crippen LogP contribution >= 0.6 is 22.6 Å². The van der Waals surface area contributed by atoms with Crippen molar-refractivity contribution in [3.63, 3.8) is 0 Å². The van der Waals surface area contributed by atoms with Gasteiger partial charge < -0.3 is 4.42 Å². The fraction of sp³-hybridized carbons (Fsp3) is 0.250. The molecule has 2 nitrogen and oxygen atoms in total. The molecule has 0 aliphatic carbocycles. The van der Waals surface area contributed by atoms with E-state index in [1.165, 1.54) is 0 Å². The van der Waals surface area contributed by atoms with Gasteiger partial charge in [-0.1, -0.05) is 0 Å². The summed E-state index contributed by atoms with van der Waals surface area (Å²) < 4.78 is 6.46. The summed E-state index contributed by atoms with van der Waals surface area (Å²) in [7, 11) is 0. The number of rotatable bonds is 0. The molecule has 0 aliphatic rings. The van der Waals surface area contributed by atoms with Crippen molar-refractivity contribution in [1.82, 2.24) is 0 Å². The van der Waals surface area contributed by atoms with Crippen molar-refractivity contribution < 1.29 is 4.42 Å². The molecule has 0 bridgehead atoms. The molecule has 0 N–H and O–H groups in total. The van der Waals surface area contributed by atoms with Gasteiger partial charge in [0.1, 0.15) is 5.58 Å². The molecule has 1 aromatic heterocycles. The van der Waals surface area contributed by atoms with Crippen LogP contribution in [0, 0.1) is 24.3 Å². The van der Waals surface area contributed by atoms with Gasteiger partial charge in [0.15, 0.2) is 0 Å². The summed E-state index contributed by atoms with van der Waals surface area (Å²) in [5, 5.41) is 1.04. The zero-order valence-electron chi connectivity index (χ0n) is 8.85. The Balaban J connectivity index is 3.05. The first-order valence-corrected chi connectivity index (χ1v) is 5.78. The van der Waals surface area contributed by atoms with Gasteiger partial charge >= 0.3 is 5.63 Å². The van der Waals surface area contributed by atoms with Gasteiger partial charge in [0.05, 0.1) is 0 Å². The smallest absolute Gasteiger partial charge is 0.339 e. The lowest BCUT2D eigenvalue weighted by Crippen LogP contribution is -2.06. The van der Waals surface area contributed by atoms with Crippen molar-refractivity contribution in [2.45, 2.75) is 20.8 Å². The van der Waals surface area contributed by atoms with Crippen LogP contribution < -0.4 is 5.63 Å². The Kier molecular flexibility index (Phi) is 2.58. The van der Waals surface area contributed by atoms with Crippen molar-refractivity contribution in [3.8, 4) is 0 Å². The summed E-state index contributed by atoms with van der Waals surface area (Å²) in [6.45, 7) is 5.72. The summed E-state index contributed by atoms with van der Waals surface area (Å²) in [4.78, 5) is 11.5. The van der Waals surface area contributed by atoms with Crippen molar-refractivity contribution in [2.75, 3.05) is 0 Å². The standard InChI is InChI=1S/C12H11IO2/c1-6-4-9(13)5-10-7(2)8(3)12(14)15-11(6)10/h4-5H,1-3H3.